The summed E-state index contributed by atoms with van der Waals surface area (Å²) in [5.41, 5.74) is 7.99. The Balaban J connectivity index is 2.09. The van der Waals surface area contributed by atoms with E-state index in [0.717, 1.165) is 31.6 Å². The van der Waals surface area contributed by atoms with Crippen molar-refractivity contribution in [3.63, 3.8) is 0 Å². The van der Waals surface area contributed by atoms with Crippen molar-refractivity contribution in [2.75, 3.05) is 30.8 Å². The van der Waals surface area contributed by atoms with Gasteiger partial charge in [-0.3, -0.25) is 4.79 Å². The molecule has 1 saturated heterocycles. The molecule has 1 fully saturated rings. The van der Waals surface area contributed by atoms with Crippen molar-refractivity contribution < 1.29 is 14.3 Å². The maximum atomic E-state index is 11.6. The van der Waals surface area contributed by atoms with E-state index in [4.69, 9.17) is 10.5 Å². The number of benzene rings is 1. The highest BCUT2D eigenvalue weighted by molar-refractivity contribution is 5.92. The number of rotatable bonds is 3. The van der Waals surface area contributed by atoms with E-state index in [2.05, 4.69) is 10.2 Å². The predicted octanol–water partition coefficient (Wildman–Crippen LogP) is 1.16. The normalized spacial score (nSPS) is 15.6. The number of amides is 1. The topological polar surface area (TPSA) is 84.7 Å². The number of carbonyl (C=O) groups is 2. The fraction of sp³-hybridized carbons (Fsp3) is 0.467. The Kier molecular flexibility index (Phi) is 4.67. The third kappa shape index (κ3) is 3.65. The molecule has 0 spiro atoms. The van der Waals surface area contributed by atoms with E-state index in [0.29, 0.717) is 11.3 Å². The number of carbonyl (C=O) groups excluding carboxylic acids is 2. The number of hydrogen-bond acceptors (Lipinski definition) is 5. The molecule has 1 amide bonds. The Morgan fingerprint density at radius 3 is 2.57 bits per heavy atom. The zero-order valence-corrected chi connectivity index (χ0v) is 12.4. The molecule has 6 nitrogen and oxygen atoms in total. The summed E-state index contributed by atoms with van der Waals surface area (Å²) in [4.78, 5) is 24.8. The Bertz CT molecular complexity index is 537. The van der Waals surface area contributed by atoms with E-state index in [1.807, 2.05) is 0 Å². The van der Waals surface area contributed by atoms with Gasteiger partial charge in [0.2, 0.25) is 5.91 Å². The van der Waals surface area contributed by atoms with Gasteiger partial charge in [0.1, 0.15) is 0 Å². The summed E-state index contributed by atoms with van der Waals surface area (Å²) >= 11 is 0. The van der Waals surface area contributed by atoms with Gasteiger partial charge in [0.05, 0.1) is 24.0 Å². The molecule has 21 heavy (non-hydrogen) atoms. The smallest absolute Gasteiger partial charge is 0.337 e. The molecule has 1 heterocycles. The van der Waals surface area contributed by atoms with Gasteiger partial charge in [0.15, 0.2) is 0 Å². The molecule has 1 aromatic rings. The molecule has 3 N–H and O–H groups in total. The maximum absolute atomic E-state index is 11.6. The minimum atomic E-state index is -0.371. The van der Waals surface area contributed by atoms with E-state index < -0.39 is 0 Å². The average Bonchev–Trinajstić information content (AvgIpc) is 2.47. The number of anilines is 2. The Morgan fingerprint density at radius 1 is 1.33 bits per heavy atom. The summed E-state index contributed by atoms with van der Waals surface area (Å²) in [6, 6.07) is 5.36. The molecular weight excluding hydrogens is 270 g/mol. The lowest BCUT2D eigenvalue weighted by atomic mass is 10.0. The van der Waals surface area contributed by atoms with Gasteiger partial charge in [-0.1, -0.05) is 0 Å². The van der Waals surface area contributed by atoms with Gasteiger partial charge in [-0.25, -0.2) is 4.79 Å². The summed E-state index contributed by atoms with van der Waals surface area (Å²) in [6.07, 6.45) is 1.73. The molecule has 6 heteroatoms. The molecular formula is C15H21N3O3. The number of ether oxygens (including phenoxy) is 1. The standard InChI is InChI=1S/C15H21N3O3/c1-10(19)17-12-5-7-18(8-6-12)14-9-11(15(20)21-2)3-4-13(14)16/h3-4,9,12H,5-8,16H2,1-2H3,(H,17,19). The zero-order valence-electron chi connectivity index (χ0n) is 12.4. The van der Waals surface area contributed by atoms with Crippen molar-refractivity contribution in [2.45, 2.75) is 25.8 Å². The minimum absolute atomic E-state index is 0.000604. The first-order valence-electron chi connectivity index (χ1n) is 7.01. The molecule has 1 aromatic carbocycles. The van der Waals surface area contributed by atoms with Crippen molar-refractivity contribution >= 4 is 23.3 Å². The van der Waals surface area contributed by atoms with Gasteiger partial charge < -0.3 is 20.7 Å². The summed E-state index contributed by atoms with van der Waals surface area (Å²) in [5.74, 6) is -0.370. The first kappa shape index (κ1) is 15.2. The summed E-state index contributed by atoms with van der Waals surface area (Å²) < 4.78 is 4.73. The summed E-state index contributed by atoms with van der Waals surface area (Å²) in [7, 11) is 1.36. The number of esters is 1. The van der Waals surface area contributed by atoms with Crippen molar-refractivity contribution in [1.29, 1.82) is 0 Å². The van der Waals surface area contributed by atoms with Gasteiger partial charge in [-0.15, -0.1) is 0 Å². The molecule has 0 aromatic heterocycles. The highest BCUT2D eigenvalue weighted by atomic mass is 16.5. The van der Waals surface area contributed by atoms with E-state index in [9.17, 15) is 9.59 Å². The van der Waals surface area contributed by atoms with Crippen LogP contribution in [0.5, 0.6) is 0 Å². The second-order valence-corrected chi connectivity index (χ2v) is 5.23. The largest absolute Gasteiger partial charge is 0.465 e. The van der Waals surface area contributed by atoms with Crippen LogP contribution in [0.3, 0.4) is 0 Å². The molecule has 1 aliphatic rings. The lowest BCUT2D eigenvalue weighted by Crippen LogP contribution is -2.44. The molecule has 0 aliphatic carbocycles. The summed E-state index contributed by atoms with van der Waals surface area (Å²) in [5, 5.41) is 2.94. The van der Waals surface area contributed by atoms with Crippen molar-refractivity contribution in [2.24, 2.45) is 0 Å². The van der Waals surface area contributed by atoms with E-state index >= 15 is 0 Å². The van der Waals surface area contributed by atoms with Crippen LogP contribution < -0.4 is 16.0 Å². The number of nitrogens with zero attached hydrogens (tertiary/aromatic N) is 1. The van der Waals surface area contributed by atoms with Crippen molar-refractivity contribution in [3.05, 3.63) is 23.8 Å². The molecule has 0 unspecified atom stereocenters. The van der Waals surface area contributed by atoms with Crippen LogP contribution in [0, 0.1) is 0 Å². The van der Waals surface area contributed by atoms with Gasteiger partial charge in [-0.2, -0.15) is 0 Å². The van der Waals surface area contributed by atoms with Crippen LogP contribution in [0.2, 0.25) is 0 Å². The van der Waals surface area contributed by atoms with E-state index in [1.165, 1.54) is 14.0 Å². The van der Waals surface area contributed by atoms with Gasteiger partial charge >= 0.3 is 5.97 Å². The lowest BCUT2D eigenvalue weighted by molar-refractivity contribution is -0.119. The fourth-order valence-electron chi connectivity index (χ4n) is 2.61. The molecule has 0 radical (unpaired) electrons. The van der Waals surface area contributed by atoms with E-state index in [-0.39, 0.29) is 17.9 Å². The lowest BCUT2D eigenvalue weighted by Gasteiger charge is -2.34. The predicted molar refractivity (Wildman–Crippen MR) is 81.2 cm³/mol. The second-order valence-electron chi connectivity index (χ2n) is 5.23. The SMILES string of the molecule is COC(=O)c1ccc(N)c(N2CCC(NC(C)=O)CC2)c1. The molecule has 0 atom stereocenters. The van der Waals surface area contributed by atoms with Crippen molar-refractivity contribution in [3.8, 4) is 0 Å². The molecule has 0 saturated carbocycles. The molecule has 0 bridgehead atoms. The number of piperidine rings is 1. The van der Waals surface area contributed by atoms with Crippen molar-refractivity contribution in [1.82, 2.24) is 5.32 Å². The third-order valence-corrected chi connectivity index (χ3v) is 3.69. The van der Waals surface area contributed by atoms with Gasteiger partial charge in [0, 0.05) is 26.1 Å². The summed E-state index contributed by atoms with van der Waals surface area (Å²) in [6.45, 7) is 3.11. The second kappa shape index (κ2) is 6.47. The fourth-order valence-corrected chi connectivity index (χ4v) is 2.61. The zero-order chi connectivity index (χ0) is 15.4. The number of methoxy groups -OCH3 is 1. The number of nitrogen functional groups attached to an aromatic ring is 1. The third-order valence-electron chi connectivity index (χ3n) is 3.69. The molecule has 114 valence electrons. The van der Waals surface area contributed by atoms with Gasteiger partial charge in [0.25, 0.3) is 0 Å². The van der Waals surface area contributed by atoms with Crippen LogP contribution in [0.25, 0.3) is 0 Å². The van der Waals surface area contributed by atoms with Crippen LogP contribution >= 0.6 is 0 Å². The number of hydrogen-bond donors (Lipinski definition) is 2. The molecule has 1 aliphatic heterocycles. The van der Waals surface area contributed by atoms with Crippen LogP contribution in [0.1, 0.15) is 30.1 Å². The van der Waals surface area contributed by atoms with Crippen LogP contribution in [-0.2, 0) is 9.53 Å². The first-order chi connectivity index (χ1) is 10.0. The Labute approximate surface area is 124 Å². The maximum Gasteiger partial charge on any atom is 0.337 e. The number of nitrogens with one attached hydrogen (secondary N) is 1. The Hall–Kier alpha value is -2.24. The van der Waals surface area contributed by atoms with Gasteiger partial charge in [-0.05, 0) is 31.0 Å². The van der Waals surface area contributed by atoms with E-state index in [1.54, 1.807) is 18.2 Å². The average molecular weight is 291 g/mol. The minimum Gasteiger partial charge on any atom is -0.465 e. The highest BCUT2D eigenvalue weighted by Gasteiger charge is 2.22. The van der Waals surface area contributed by atoms with Crippen LogP contribution in [0.15, 0.2) is 18.2 Å². The molecule has 2 rings (SSSR count). The monoisotopic (exact) mass is 291 g/mol. The van der Waals surface area contributed by atoms with Crippen LogP contribution in [-0.4, -0.2) is 38.1 Å². The number of nitrogens with two attached hydrogens (primary N) is 1. The van der Waals surface area contributed by atoms with Crippen LogP contribution in [0.4, 0.5) is 11.4 Å². The first-order valence-corrected chi connectivity index (χ1v) is 7.01. The highest BCUT2D eigenvalue weighted by Crippen LogP contribution is 2.27. The quantitative estimate of drug-likeness (QED) is 0.645. The Morgan fingerprint density at radius 2 is 2.00 bits per heavy atom.